The fraction of sp³-hybridized carbons (Fsp3) is 0.415. The molecule has 0 aliphatic carbocycles. The number of fused-ring (bicyclic) bond motifs is 2. The lowest BCUT2D eigenvalue weighted by molar-refractivity contribution is -0.132. The van der Waals surface area contributed by atoms with Crippen molar-refractivity contribution in [3.05, 3.63) is 113 Å². The maximum absolute atomic E-state index is 15.7. The van der Waals surface area contributed by atoms with Gasteiger partial charge < -0.3 is 34.2 Å². The maximum atomic E-state index is 15.7. The summed E-state index contributed by atoms with van der Waals surface area (Å²) in [6, 6.07) is 16.3. The number of benzene rings is 3. The van der Waals surface area contributed by atoms with Crippen LogP contribution in [0.2, 0.25) is 0 Å². The van der Waals surface area contributed by atoms with Crippen LogP contribution in [-0.2, 0) is 40.3 Å². The topological polar surface area (TPSA) is 169 Å². The van der Waals surface area contributed by atoms with E-state index in [2.05, 4.69) is 25.1 Å². The number of piperazine rings is 1. The first-order valence-electron chi connectivity index (χ1n) is 24.7. The Morgan fingerprint density at radius 3 is 2.36 bits per heavy atom. The zero-order valence-electron chi connectivity index (χ0n) is 41.7. The summed E-state index contributed by atoms with van der Waals surface area (Å²) < 4.78 is 48.0. The fourth-order valence-corrected chi connectivity index (χ4v) is 10.0. The van der Waals surface area contributed by atoms with Crippen LogP contribution in [-0.4, -0.2) is 138 Å². The largest absolute Gasteiger partial charge is 0.497 e. The van der Waals surface area contributed by atoms with Gasteiger partial charge in [0.2, 0.25) is 23.6 Å². The van der Waals surface area contributed by atoms with Crippen LogP contribution in [0.3, 0.4) is 0 Å². The molecule has 0 radical (unpaired) electrons. The summed E-state index contributed by atoms with van der Waals surface area (Å²) in [4.78, 5) is 79.2. The highest BCUT2D eigenvalue weighted by molar-refractivity contribution is 6.05. The van der Waals surface area contributed by atoms with Gasteiger partial charge in [-0.15, -0.1) is 0 Å². The van der Waals surface area contributed by atoms with E-state index in [4.69, 9.17) is 19.2 Å². The van der Waals surface area contributed by atoms with Gasteiger partial charge in [-0.3, -0.25) is 29.2 Å². The molecule has 1 N–H and O–H groups in total. The van der Waals surface area contributed by atoms with Crippen LogP contribution in [0.1, 0.15) is 55.1 Å². The second-order valence-corrected chi connectivity index (χ2v) is 20.0. The van der Waals surface area contributed by atoms with Gasteiger partial charge in [0.25, 0.3) is 0 Å². The number of imide groups is 1. The molecule has 0 saturated carbocycles. The van der Waals surface area contributed by atoms with Crippen LogP contribution in [0.15, 0.2) is 73.1 Å². The van der Waals surface area contributed by atoms with Crippen molar-refractivity contribution in [1.29, 1.82) is 0 Å². The van der Waals surface area contributed by atoms with Gasteiger partial charge in [-0.25, -0.2) is 33.3 Å². The number of urea groups is 1. The molecule has 7 heterocycles. The van der Waals surface area contributed by atoms with Gasteiger partial charge in [0, 0.05) is 88.0 Å². The van der Waals surface area contributed by atoms with Crippen molar-refractivity contribution in [2.75, 3.05) is 97.5 Å². The molecule has 0 spiro atoms. The van der Waals surface area contributed by atoms with E-state index < -0.39 is 29.4 Å². The molecule has 2 aromatic heterocycles. The maximum Gasteiger partial charge on any atom is 0.415 e. The predicted molar refractivity (Wildman–Crippen MR) is 270 cm³/mol. The number of carbonyl (C=O) groups excluding carboxylic acids is 4. The Morgan fingerprint density at radius 1 is 0.849 bits per heavy atom. The molecule has 382 valence electrons. The first-order chi connectivity index (χ1) is 35.1. The number of ether oxygens (including phenoxy) is 3. The van der Waals surface area contributed by atoms with Gasteiger partial charge >= 0.3 is 12.1 Å². The van der Waals surface area contributed by atoms with E-state index in [1.165, 1.54) is 21.9 Å². The van der Waals surface area contributed by atoms with E-state index in [1.54, 1.807) is 77.8 Å². The van der Waals surface area contributed by atoms with Crippen LogP contribution < -0.4 is 34.4 Å². The van der Waals surface area contributed by atoms with Gasteiger partial charge in [0.15, 0.2) is 0 Å². The third-order valence-electron chi connectivity index (χ3n) is 14.1. The minimum Gasteiger partial charge on any atom is -0.497 e. The number of aromatic nitrogens is 3. The molecule has 0 atom stereocenters. The van der Waals surface area contributed by atoms with Crippen LogP contribution >= 0.6 is 0 Å². The molecule has 0 unspecified atom stereocenters. The quantitative estimate of drug-likeness (QED) is 0.146. The van der Waals surface area contributed by atoms with Gasteiger partial charge in [0.05, 0.1) is 56.4 Å². The molecule has 5 aliphatic rings. The lowest BCUT2D eigenvalue weighted by Gasteiger charge is -2.49. The standard InChI is InChI=1S/C53H59F2N11O7/c1-33-45(28-56-49-48(33)65(22-23-72-49)52(70)73-53(2,3)4)62-16-14-36-27-57-50(59-43(36)32-62)58-37-9-8-35(41(54)25-37)24-47(68)61-20-18-60(19-21-61)39-30-63(31-39)44-13-10-38(26-42(44)55)64-17-15-46(67)66(51(64)69)29-34-6-11-40(71-5)12-7-34/h6-13,25-28,39H,14-24,29-32H2,1-5H3,(H,57,58,59). The Kier molecular flexibility index (Phi) is 13.5. The zero-order chi connectivity index (χ0) is 51.1. The van der Waals surface area contributed by atoms with E-state index >= 15 is 8.78 Å². The van der Waals surface area contributed by atoms with Crippen molar-refractivity contribution in [3.8, 4) is 11.6 Å². The number of rotatable bonds is 11. The van der Waals surface area contributed by atoms with Crippen molar-refractivity contribution in [2.45, 2.75) is 71.7 Å². The highest BCUT2D eigenvalue weighted by Gasteiger charge is 2.38. The number of nitrogens with zero attached hydrogens (tertiary/aromatic N) is 10. The molecule has 5 aliphatic heterocycles. The summed E-state index contributed by atoms with van der Waals surface area (Å²) in [6.07, 6.45) is 3.82. The SMILES string of the molecule is COc1ccc(CN2C(=O)CCN(c3ccc(N4CC(N5CCN(C(=O)Cc6ccc(Nc7ncc8c(n7)CN(c7cnc9c(c7C)N(C(=O)OC(C)(C)C)CCO9)CC8)cc6F)CC5)C4)c(F)c3)C2=O)cc1. The summed E-state index contributed by atoms with van der Waals surface area (Å²) in [5.74, 6) is -0.0354. The molecule has 5 amide bonds. The lowest BCUT2D eigenvalue weighted by Crippen LogP contribution is -2.63. The van der Waals surface area contributed by atoms with E-state index in [-0.39, 0.29) is 49.4 Å². The average Bonchev–Trinajstić information content (AvgIpc) is 3.35. The molecule has 18 nitrogen and oxygen atoms in total. The number of nitrogens with one attached hydrogen (secondary N) is 1. The van der Waals surface area contributed by atoms with Crippen molar-refractivity contribution < 1.29 is 42.2 Å². The first-order valence-corrected chi connectivity index (χ1v) is 24.7. The number of hydrogen-bond donors (Lipinski definition) is 1. The summed E-state index contributed by atoms with van der Waals surface area (Å²) in [6.45, 7) is 13.0. The van der Waals surface area contributed by atoms with E-state index in [9.17, 15) is 19.2 Å². The third kappa shape index (κ3) is 10.4. The molecular weight excluding hydrogens is 941 g/mol. The monoisotopic (exact) mass is 999 g/mol. The molecular formula is C53H59F2N11O7. The third-order valence-corrected chi connectivity index (χ3v) is 14.1. The minimum atomic E-state index is -0.662. The summed E-state index contributed by atoms with van der Waals surface area (Å²) >= 11 is 0. The molecule has 3 saturated heterocycles. The number of methoxy groups -OCH3 is 1. The fourth-order valence-electron chi connectivity index (χ4n) is 10.0. The minimum absolute atomic E-state index is 0.0809. The summed E-state index contributed by atoms with van der Waals surface area (Å²) in [5, 5.41) is 3.13. The lowest BCUT2D eigenvalue weighted by atomic mass is 10.0. The van der Waals surface area contributed by atoms with Crippen molar-refractivity contribution in [2.24, 2.45) is 0 Å². The first kappa shape index (κ1) is 49.0. The van der Waals surface area contributed by atoms with Crippen LogP contribution in [0, 0.1) is 18.6 Å². The molecule has 3 aromatic carbocycles. The predicted octanol–water partition coefficient (Wildman–Crippen LogP) is 6.84. The number of hydrogen-bond acceptors (Lipinski definition) is 14. The Morgan fingerprint density at radius 2 is 1.63 bits per heavy atom. The molecule has 20 heteroatoms. The van der Waals surface area contributed by atoms with Crippen molar-refractivity contribution >= 4 is 58.3 Å². The van der Waals surface area contributed by atoms with Crippen LogP contribution in [0.5, 0.6) is 11.6 Å². The number of anilines is 6. The normalized spacial score (nSPS) is 17.5. The second-order valence-electron chi connectivity index (χ2n) is 20.0. The van der Waals surface area contributed by atoms with E-state index in [0.717, 1.165) is 28.1 Å². The van der Waals surface area contributed by atoms with E-state index in [0.29, 0.717) is 112 Å². The van der Waals surface area contributed by atoms with E-state index in [1.807, 2.05) is 32.6 Å². The Balaban J connectivity index is 0.694. The Bertz CT molecular complexity index is 2940. The van der Waals surface area contributed by atoms with Gasteiger partial charge in [-0.05, 0) is 93.3 Å². The van der Waals surface area contributed by atoms with Gasteiger partial charge in [0.1, 0.15) is 35.3 Å². The van der Waals surface area contributed by atoms with Crippen molar-refractivity contribution in [1.82, 2.24) is 29.7 Å². The molecule has 0 bridgehead atoms. The molecule has 3 fully saturated rings. The molecule has 5 aromatic rings. The van der Waals surface area contributed by atoms with Crippen LogP contribution in [0.4, 0.5) is 52.8 Å². The number of halogens is 2. The summed E-state index contributed by atoms with van der Waals surface area (Å²) in [5.41, 5.74) is 5.76. The average molecular weight is 1000 g/mol. The number of carbonyl (C=O) groups is 4. The zero-order valence-corrected chi connectivity index (χ0v) is 41.7. The smallest absolute Gasteiger partial charge is 0.415 e. The van der Waals surface area contributed by atoms with Gasteiger partial charge in [-0.1, -0.05) is 18.2 Å². The highest BCUT2D eigenvalue weighted by atomic mass is 19.1. The summed E-state index contributed by atoms with van der Waals surface area (Å²) in [7, 11) is 1.57. The number of amides is 5. The number of pyridine rings is 1. The molecule has 73 heavy (non-hydrogen) atoms. The van der Waals surface area contributed by atoms with Crippen LogP contribution in [0.25, 0.3) is 0 Å². The Hall–Kier alpha value is -7.61. The Labute approximate surface area is 422 Å². The van der Waals surface area contributed by atoms with Gasteiger partial charge in [-0.2, -0.15) is 0 Å². The molecule has 10 rings (SSSR count). The highest BCUT2D eigenvalue weighted by Crippen LogP contribution is 2.40. The second kappa shape index (κ2) is 20.1. The van der Waals surface area contributed by atoms with Crippen molar-refractivity contribution in [3.63, 3.8) is 0 Å².